The second kappa shape index (κ2) is 3.57. The van der Waals surface area contributed by atoms with Crippen LogP contribution in [-0.4, -0.2) is 11.1 Å². The maximum atomic E-state index is 5.64. The predicted molar refractivity (Wildman–Crippen MR) is 46.0 cm³/mol. The third-order valence-electron chi connectivity index (χ3n) is 2.18. The summed E-state index contributed by atoms with van der Waals surface area (Å²) in [6, 6.07) is 6.56. The van der Waals surface area contributed by atoms with E-state index in [4.69, 9.17) is 4.74 Å². The van der Waals surface area contributed by atoms with Crippen LogP contribution in [0.3, 0.4) is 0 Å². The minimum atomic E-state index is 0.403. The van der Waals surface area contributed by atoms with Gasteiger partial charge in [-0.15, -0.1) is 0 Å². The van der Waals surface area contributed by atoms with E-state index in [0.29, 0.717) is 6.10 Å². The maximum absolute atomic E-state index is 5.64. The van der Waals surface area contributed by atoms with Crippen molar-refractivity contribution in [3.8, 4) is 5.88 Å². The van der Waals surface area contributed by atoms with Crippen LogP contribution in [0.5, 0.6) is 5.88 Å². The molecule has 0 spiro atoms. The van der Waals surface area contributed by atoms with Crippen molar-refractivity contribution in [1.82, 2.24) is 4.98 Å². The van der Waals surface area contributed by atoms with Gasteiger partial charge in [-0.05, 0) is 31.7 Å². The molecule has 0 atom stereocenters. The summed E-state index contributed by atoms with van der Waals surface area (Å²) in [5, 5.41) is 0. The number of rotatable bonds is 2. The van der Waals surface area contributed by atoms with E-state index < -0.39 is 0 Å². The zero-order chi connectivity index (χ0) is 8.23. The van der Waals surface area contributed by atoms with Crippen LogP contribution in [-0.2, 0) is 0 Å². The maximum Gasteiger partial charge on any atom is 0.213 e. The van der Waals surface area contributed by atoms with Crippen molar-refractivity contribution >= 4 is 0 Å². The monoisotopic (exact) mass is 162 g/mol. The Bertz CT molecular complexity index is 229. The summed E-state index contributed by atoms with van der Waals surface area (Å²) in [6.45, 7) is 0. The highest BCUT2D eigenvalue weighted by Crippen LogP contribution is 2.22. The van der Waals surface area contributed by atoms with Gasteiger partial charge in [-0.1, -0.05) is 0 Å². The first kappa shape index (κ1) is 7.59. The van der Waals surface area contributed by atoms with E-state index in [-0.39, 0.29) is 0 Å². The standard InChI is InChI=1S/C10H12NO/c1-2-6-9(5-1)12-10-7-3-4-8-11-10/h3,7-9H,1-2,5-6H2. The van der Waals surface area contributed by atoms with Crippen molar-refractivity contribution in [1.29, 1.82) is 0 Å². The van der Waals surface area contributed by atoms with Crippen LogP contribution in [0.15, 0.2) is 18.3 Å². The van der Waals surface area contributed by atoms with Gasteiger partial charge in [0, 0.05) is 18.3 Å². The third-order valence-corrected chi connectivity index (χ3v) is 2.18. The number of aromatic nitrogens is 1. The summed E-state index contributed by atoms with van der Waals surface area (Å²) in [7, 11) is 0. The molecule has 1 aliphatic rings. The second-order valence-electron chi connectivity index (χ2n) is 3.12. The molecule has 63 valence electrons. The summed E-state index contributed by atoms with van der Waals surface area (Å²) in [5.74, 6) is 0.737. The second-order valence-corrected chi connectivity index (χ2v) is 3.12. The number of ether oxygens (including phenoxy) is 1. The quantitative estimate of drug-likeness (QED) is 0.665. The highest BCUT2D eigenvalue weighted by Gasteiger charge is 2.16. The fourth-order valence-corrected chi connectivity index (χ4v) is 1.55. The molecule has 1 aromatic heterocycles. The number of nitrogens with zero attached hydrogens (tertiary/aromatic N) is 1. The topological polar surface area (TPSA) is 22.1 Å². The highest BCUT2D eigenvalue weighted by molar-refractivity contribution is 5.08. The van der Waals surface area contributed by atoms with E-state index in [1.165, 1.54) is 25.7 Å². The third kappa shape index (κ3) is 1.76. The van der Waals surface area contributed by atoms with Crippen molar-refractivity contribution < 1.29 is 4.74 Å². The minimum Gasteiger partial charge on any atom is -0.474 e. The zero-order valence-corrected chi connectivity index (χ0v) is 6.99. The molecule has 1 heterocycles. The number of hydrogen-bond donors (Lipinski definition) is 0. The Morgan fingerprint density at radius 3 is 2.92 bits per heavy atom. The van der Waals surface area contributed by atoms with Gasteiger partial charge in [-0.2, -0.15) is 0 Å². The Morgan fingerprint density at radius 2 is 2.25 bits per heavy atom. The van der Waals surface area contributed by atoms with Crippen LogP contribution >= 0.6 is 0 Å². The Hall–Kier alpha value is -1.05. The van der Waals surface area contributed by atoms with Gasteiger partial charge in [-0.3, -0.25) is 0 Å². The molecule has 1 saturated carbocycles. The molecule has 0 saturated heterocycles. The first-order chi connectivity index (χ1) is 5.95. The van der Waals surface area contributed by atoms with Gasteiger partial charge >= 0.3 is 0 Å². The molecule has 0 aliphatic heterocycles. The molecule has 0 aromatic carbocycles. The van der Waals surface area contributed by atoms with E-state index in [1.807, 2.05) is 12.1 Å². The molecular weight excluding hydrogens is 150 g/mol. The molecule has 2 nitrogen and oxygen atoms in total. The van der Waals surface area contributed by atoms with E-state index in [0.717, 1.165) is 5.88 Å². The Kier molecular flexibility index (Phi) is 2.26. The van der Waals surface area contributed by atoms with Gasteiger partial charge in [0.05, 0.1) is 0 Å². The predicted octanol–water partition coefficient (Wildman–Crippen LogP) is 2.20. The molecule has 0 unspecified atom stereocenters. The van der Waals surface area contributed by atoms with Crippen LogP contribution in [0.2, 0.25) is 0 Å². The fourth-order valence-electron chi connectivity index (χ4n) is 1.55. The summed E-state index contributed by atoms with van der Waals surface area (Å²) in [5.41, 5.74) is 0. The molecule has 2 rings (SSSR count). The SMILES string of the molecule is [c]1ccc(OC2CCCC2)nc1. The van der Waals surface area contributed by atoms with Crippen molar-refractivity contribution in [2.45, 2.75) is 31.8 Å². The van der Waals surface area contributed by atoms with Gasteiger partial charge in [0.1, 0.15) is 6.10 Å². The Balaban J connectivity index is 1.94. The smallest absolute Gasteiger partial charge is 0.213 e. The molecule has 0 N–H and O–H groups in total. The first-order valence-corrected chi connectivity index (χ1v) is 4.44. The van der Waals surface area contributed by atoms with Gasteiger partial charge < -0.3 is 4.74 Å². The molecular formula is C10H12NO. The normalized spacial score (nSPS) is 18.0. The summed E-state index contributed by atoms with van der Waals surface area (Å²) in [4.78, 5) is 4.06. The van der Waals surface area contributed by atoms with Crippen molar-refractivity contribution in [3.05, 3.63) is 24.4 Å². The fraction of sp³-hybridized carbons (Fsp3) is 0.500. The molecule has 1 fully saturated rings. The summed E-state index contributed by atoms with van der Waals surface area (Å²) < 4.78 is 5.64. The Labute approximate surface area is 72.6 Å². The van der Waals surface area contributed by atoms with Crippen LogP contribution in [0.25, 0.3) is 0 Å². The van der Waals surface area contributed by atoms with Gasteiger partial charge in [0.2, 0.25) is 5.88 Å². The molecule has 0 bridgehead atoms. The number of hydrogen-bond acceptors (Lipinski definition) is 2. The molecule has 12 heavy (non-hydrogen) atoms. The largest absolute Gasteiger partial charge is 0.474 e. The first-order valence-electron chi connectivity index (χ1n) is 4.44. The van der Waals surface area contributed by atoms with Crippen LogP contribution in [0, 0.1) is 6.07 Å². The van der Waals surface area contributed by atoms with Crippen LogP contribution < -0.4 is 4.74 Å². The molecule has 1 aromatic rings. The average Bonchev–Trinajstić information content (AvgIpc) is 2.59. The lowest BCUT2D eigenvalue weighted by Gasteiger charge is -2.10. The molecule has 0 amide bonds. The van der Waals surface area contributed by atoms with Gasteiger partial charge in [-0.25, -0.2) is 4.98 Å². The van der Waals surface area contributed by atoms with Gasteiger partial charge in [0.15, 0.2) is 0 Å². The Morgan fingerprint density at radius 1 is 1.42 bits per heavy atom. The lowest BCUT2D eigenvalue weighted by Crippen LogP contribution is -2.11. The van der Waals surface area contributed by atoms with Crippen LogP contribution in [0.4, 0.5) is 0 Å². The summed E-state index contributed by atoms with van der Waals surface area (Å²) >= 11 is 0. The molecule has 1 aliphatic carbocycles. The van der Waals surface area contributed by atoms with E-state index in [1.54, 1.807) is 6.20 Å². The average molecular weight is 162 g/mol. The zero-order valence-electron chi connectivity index (χ0n) is 6.99. The van der Waals surface area contributed by atoms with E-state index >= 15 is 0 Å². The van der Waals surface area contributed by atoms with E-state index in [9.17, 15) is 0 Å². The van der Waals surface area contributed by atoms with Crippen molar-refractivity contribution in [3.63, 3.8) is 0 Å². The number of pyridine rings is 1. The van der Waals surface area contributed by atoms with Crippen molar-refractivity contribution in [2.75, 3.05) is 0 Å². The summed E-state index contributed by atoms with van der Waals surface area (Å²) in [6.07, 6.45) is 7.00. The lowest BCUT2D eigenvalue weighted by atomic mass is 10.3. The molecule has 2 heteroatoms. The highest BCUT2D eigenvalue weighted by atomic mass is 16.5. The van der Waals surface area contributed by atoms with E-state index in [2.05, 4.69) is 11.1 Å². The van der Waals surface area contributed by atoms with Crippen LogP contribution in [0.1, 0.15) is 25.7 Å². The molecule has 1 radical (unpaired) electrons. The van der Waals surface area contributed by atoms with Crippen molar-refractivity contribution in [2.24, 2.45) is 0 Å². The minimum absolute atomic E-state index is 0.403. The lowest BCUT2D eigenvalue weighted by molar-refractivity contribution is 0.201. The van der Waals surface area contributed by atoms with Gasteiger partial charge in [0.25, 0.3) is 0 Å².